The van der Waals surface area contributed by atoms with E-state index in [9.17, 15) is 8.78 Å². The predicted molar refractivity (Wildman–Crippen MR) is 75.0 cm³/mol. The van der Waals surface area contributed by atoms with Crippen LogP contribution in [-0.2, 0) is 0 Å². The monoisotopic (exact) mass is 287 g/mol. The molecule has 2 unspecified atom stereocenters. The lowest BCUT2D eigenvalue weighted by Gasteiger charge is -2.18. The zero-order chi connectivity index (χ0) is 15.0. The minimum Gasteiger partial charge on any atom is -0.434 e. The summed E-state index contributed by atoms with van der Waals surface area (Å²) in [4.78, 5) is 0. The van der Waals surface area contributed by atoms with E-state index in [0.29, 0.717) is 5.92 Å². The third kappa shape index (κ3) is 5.84. The van der Waals surface area contributed by atoms with Crippen LogP contribution in [-0.4, -0.2) is 24.9 Å². The third-order valence-electron chi connectivity index (χ3n) is 3.24. The summed E-state index contributed by atoms with van der Waals surface area (Å²) >= 11 is 0. The van der Waals surface area contributed by atoms with Gasteiger partial charge in [0.15, 0.2) is 0 Å². The van der Waals surface area contributed by atoms with Crippen molar-refractivity contribution in [1.82, 2.24) is 5.32 Å². The Labute approximate surface area is 119 Å². The van der Waals surface area contributed by atoms with E-state index < -0.39 is 6.61 Å². The maximum atomic E-state index is 12.3. The smallest absolute Gasteiger partial charge is 0.387 e. The molecule has 0 heterocycles. The number of para-hydroxylation sites is 1. The molecule has 0 spiro atoms. The number of benzene rings is 1. The van der Waals surface area contributed by atoms with Crippen LogP contribution in [0.3, 0.4) is 0 Å². The van der Waals surface area contributed by atoms with Gasteiger partial charge in [-0.15, -0.1) is 0 Å². The molecule has 2 atom stereocenters. The summed E-state index contributed by atoms with van der Waals surface area (Å²) in [5, 5.41) is 12.2. The van der Waals surface area contributed by atoms with Crippen LogP contribution in [0.1, 0.15) is 38.3 Å². The van der Waals surface area contributed by atoms with Crippen LogP contribution in [0.25, 0.3) is 0 Å². The Kier molecular flexibility index (Phi) is 7.47. The van der Waals surface area contributed by atoms with E-state index in [2.05, 4.69) is 10.1 Å². The van der Waals surface area contributed by atoms with Crippen molar-refractivity contribution < 1.29 is 18.6 Å². The molecule has 114 valence electrons. The fourth-order valence-electron chi connectivity index (χ4n) is 2.01. The topological polar surface area (TPSA) is 41.5 Å². The number of hydrogen-bond acceptors (Lipinski definition) is 3. The molecule has 0 fully saturated rings. The molecule has 0 saturated carbocycles. The normalized spacial score (nSPS) is 14.3. The summed E-state index contributed by atoms with van der Waals surface area (Å²) in [6.07, 6.45) is 1.87. The van der Waals surface area contributed by atoms with Gasteiger partial charge in [0, 0.05) is 18.2 Å². The quantitative estimate of drug-likeness (QED) is 0.684. The van der Waals surface area contributed by atoms with Crippen LogP contribution in [0.15, 0.2) is 24.3 Å². The van der Waals surface area contributed by atoms with Crippen molar-refractivity contribution in [2.75, 3.05) is 13.2 Å². The Morgan fingerprint density at radius 1 is 1.25 bits per heavy atom. The number of aliphatic hydroxyl groups is 1. The van der Waals surface area contributed by atoms with Crippen LogP contribution < -0.4 is 10.1 Å². The second kappa shape index (κ2) is 8.87. The molecule has 0 bridgehead atoms. The van der Waals surface area contributed by atoms with Crippen molar-refractivity contribution >= 4 is 0 Å². The van der Waals surface area contributed by atoms with Crippen LogP contribution in [0.4, 0.5) is 8.78 Å². The highest BCUT2D eigenvalue weighted by atomic mass is 19.3. The molecule has 2 N–H and O–H groups in total. The Morgan fingerprint density at radius 3 is 2.60 bits per heavy atom. The van der Waals surface area contributed by atoms with Crippen LogP contribution >= 0.6 is 0 Å². The zero-order valence-electron chi connectivity index (χ0n) is 12.0. The van der Waals surface area contributed by atoms with Crippen molar-refractivity contribution in [1.29, 1.82) is 0 Å². The first-order valence-electron chi connectivity index (χ1n) is 6.92. The Morgan fingerprint density at radius 2 is 1.95 bits per heavy atom. The maximum absolute atomic E-state index is 12.3. The van der Waals surface area contributed by atoms with E-state index in [4.69, 9.17) is 5.11 Å². The summed E-state index contributed by atoms with van der Waals surface area (Å²) < 4.78 is 29.2. The van der Waals surface area contributed by atoms with Crippen molar-refractivity contribution in [2.24, 2.45) is 5.92 Å². The molecule has 0 aliphatic heterocycles. The van der Waals surface area contributed by atoms with Crippen molar-refractivity contribution in [3.05, 3.63) is 29.8 Å². The van der Waals surface area contributed by atoms with Gasteiger partial charge >= 0.3 is 6.61 Å². The molecular weight excluding hydrogens is 264 g/mol. The van der Waals surface area contributed by atoms with Crippen LogP contribution in [0, 0.1) is 5.92 Å². The Hall–Kier alpha value is -1.20. The number of halogens is 2. The molecule has 0 aliphatic rings. The van der Waals surface area contributed by atoms with Crippen molar-refractivity contribution in [3.63, 3.8) is 0 Å². The second-order valence-electron chi connectivity index (χ2n) is 5.02. The molecule has 0 aliphatic carbocycles. The van der Waals surface area contributed by atoms with Crippen LogP contribution in [0.2, 0.25) is 0 Å². The fourth-order valence-corrected chi connectivity index (χ4v) is 2.01. The number of rotatable bonds is 9. The molecule has 1 aromatic carbocycles. The summed E-state index contributed by atoms with van der Waals surface area (Å²) in [5.41, 5.74) is 0.725. The van der Waals surface area contributed by atoms with E-state index in [1.54, 1.807) is 24.3 Å². The minimum absolute atomic E-state index is 0.0608. The van der Waals surface area contributed by atoms with Gasteiger partial charge in [-0.25, -0.2) is 0 Å². The van der Waals surface area contributed by atoms with E-state index in [-0.39, 0.29) is 18.4 Å². The van der Waals surface area contributed by atoms with Crippen molar-refractivity contribution in [3.8, 4) is 5.75 Å². The van der Waals surface area contributed by atoms with Gasteiger partial charge in [-0.1, -0.05) is 25.1 Å². The summed E-state index contributed by atoms with van der Waals surface area (Å²) in [6.45, 7) is 2.07. The molecule has 20 heavy (non-hydrogen) atoms. The van der Waals surface area contributed by atoms with E-state index in [0.717, 1.165) is 24.9 Å². The summed E-state index contributed by atoms with van der Waals surface area (Å²) in [7, 11) is 0. The second-order valence-corrected chi connectivity index (χ2v) is 5.02. The molecule has 0 radical (unpaired) electrons. The molecule has 0 amide bonds. The van der Waals surface area contributed by atoms with Crippen molar-refractivity contribution in [2.45, 2.75) is 39.3 Å². The molecule has 1 aromatic rings. The standard InChI is InChI=1S/C15H23F2NO2/c1-11(10-19)6-5-9-18-12(2)13-7-3-4-8-14(13)20-15(16)17/h3-4,7-8,11-12,15,18-19H,5-6,9-10H2,1-2H3. The van der Waals surface area contributed by atoms with E-state index >= 15 is 0 Å². The number of hydrogen-bond donors (Lipinski definition) is 2. The average molecular weight is 287 g/mol. The van der Waals surface area contributed by atoms with E-state index in [1.165, 1.54) is 0 Å². The van der Waals surface area contributed by atoms with E-state index in [1.807, 2.05) is 13.8 Å². The molecule has 1 rings (SSSR count). The first kappa shape index (κ1) is 16.9. The first-order chi connectivity index (χ1) is 9.54. The number of ether oxygens (including phenoxy) is 1. The Bertz CT molecular complexity index is 388. The SMILES string of the molecule is CC(CO)CCCNC(C)c1ccccc1OC(F)F. The first-order valence-corrected chi connectivity index (χ1v) is 6.92. The van der Waals surface area contributed by atoms with Gasteiger partial charge in [0.05, 0.1) is 0 Å². The Balaban J connectivity index is 2.48. The number of aliphatic hydroxyl groups excluding tert-OH is 1. The van der Waals surface area contributed by atoms with Gasteiger partial charge in [0.25, 0.3) is 0 Å². The minimum atomic E-state index is -2.81. The molecule has 0 aromatic heterocycles. The highest BCUT2D eigenvalue weighted by molar-refractivity contribution is 5.35. The maximum Gasteiger partial charge on any atom is 0.387 e. The molecule has 5 heteroatoms. The third-order valence-corrected chi connectivity index (χ3v) is 3.24. The van der Waals surface area contributed by atoms with Gasteiger partial charge in [0.1, 0.15) is 5.75 Å². The summed E-state index contributed by atoms with van der Waals surface area (Å²) in [6, 6.07) is 6.75. The highest BCUT2D eigenvalue weighted by Crippen LogP contribution is 2.26. The van der Waals surface area contributed by atoms with Gasteiger partial charge in [-0.3, -0.25) is 0 Å². The predicted octanol–water partition coefficient (Wildman–Crippen LogP) is 3.35. The number of alkyl halides is 2. The summed E-state index contributed by atoms with van der Waals surface area (Å²) in [5.74, 6) is 0.507. The van der Waals surface area contributed by atoms with Crippen LogP contribution in [0.5, 0.6) is 5.75 Å². The van der Waals surface area contributed by atoms with Gasteiger partial charge in [-0.05, 0) is 38.3 Å². The lowest BCUT2D eigenvalue weighted by molar-refractivity contribution is -0.0506. The number of nitrogens with one attached hydrogen (secondary N) is 1. The lowest BCUT2D eigenvalue weighted by atomic mass is 10.1. The highest BCUT2D eigenvalue weighted by Gasteiger charge is 2.13. The van der Waals surface area contributed by atoms with Gasteiger partial charge in [-0.2, -0.15) is 8.78 Å². The van der Waals surface area contributed by atoms with Gasteiger partial charge < -0.3 is 15.2 Å². The lowest BCUT2D eigenvalue weighted by Crippen LogP contribution is -2.21. The zero-order valence-corrected chi connectivity index (χ0v) is 12.0. The average Bonchev–Trinajstić information content (AvgIpc) is 2.43. The molecule has 3 nitrogen and oxygen atoms in total. The fraction of sp³-hybridized carbons (Fsp3) is 0.600. The van der Waals surface area contributed by atoms with Gasteiger partial charge in [0.2, 0.25) is 0 Å². The largest absolute Gasteiger partial charge is 0.434 e. The molecular formula is C15H23F2NO2. The molecule has 0 saturated heterocycles.